The van der Waals surface area contributed by atoms with Crippen LogP contribution in [0.4, 0.5) is 0 Å². The molecule has 5 nitrogen and oxygen atoms in total. The summed E-state index contributed by atoms with van der Waals surface area (Å²) in [5, 5.41) is 14.7. The smallest absolute Gasteiger partial charge is 0.253 e. The average Bonchev–Trinajstić information content (AvgIpc) is 2.59. The number of hydrogen-bond acceptors (Lipinski definition) is 4. The number of benzene rings is 1. The second-order valence-electron chi connectivity index (χ2n) is 5.87. The van der Waals surface area contributed by atoms with Gasteiger partial charge in [0.05, 0.1) is 17.0 Å². The second-order valence-corrected chi connectivity index (χ2v) is 5.87. The van der Waals surface area contributed by atoms with E-state index >= 15 is 0 Å². The van der Waals surface area contributed by atoms with E-state index in [0.29, 0.717) is 18.5 Å². The van der Waals surface area contributed by atoms with E-state index in [1.807, 2.05) is 26.0 Å². The molecule has 1 atom stereocenters. The maximum absolute atomic E-state index is 12.5. The van der Waals surface area contributed by atoms with Gasteiger partial charge in [0, 0.05) is 12.6 Å². The third-order valence-corrected chi connectivity index (χ3v) is 4.25. The van der Waals surface area contributed by atoms with Crippen LogP contribution in [0.5, 0.6) is 0 Å². The van der Waals surface area contributed by atoms with E-state index in [-0.39, 0.29) is 24.4 Å². The van der Waals surface area contributed by atoms with Crippen LogP contribution >= 0.6 is 12.4 Å². The van der Waals surface area contributed by atoms with E-state index in [4.69, 9.17) is 0 Å². The highest BCUT2D eigenvalue weighted by molar-refractivity contribution is 5.95. The summed E-state index contributed by atoms with van der Waals surface area (Å²) < 4.78 is 0. The Morgan fingerprint density at radius 1 is 1.33 bits per heavy atom. The van der Waals surface area contributed by atoms with Crippen LogP contribution in [-0.4, -0.2) is 29.2 Å². The van der Waals surface area contributed by atoms with Crippen LogP contribution in [0.3, 0.4) is 0 Å². The highest BCUT2D eigenvalue weighted by Crippen LogP contribution is 2.22. The molecular formula is C18H23ClN4O. The minimum Gasteiger partial charge on any atom is -0.350 e. The van der Waals surface area contributed by atoms with Crippen molar-refractivity contribution in [1.29, 1.82) is 0 Å². The Kier molecular flexibility index (Phi) is 6.29. The number of fused-ring (bicyclic) bond motifs is 1. The molecule has 2 N–H and O–H groups in total. The molecule has 0 radical (unpaired) electrons. The Morgan fingerprint density at radius 3 is 2.92 bits per heavy atom. The molecule has 128 valence electrons. The van der Waals surface area contributed by atoms with Crippen molar-refractivity contribution in [3.05, 3.63) is 58.4 Å². The zero-order valence-electron chi connectivity index (χ0n) is 14.0. The third-order valence-electron chi connectivity index (χ3n) is 4.25. The highest BCUT2D eigenvalue weighted by Gasteiger charge is 2.20. The van der Waals surface area contributed by atoms with Gasteiger partial charge in [0.2, 0.25) is 0 Å². The molecule has 24 heavy (non-hydrogen) atoms. The van der Waals surface area contributed by atoms with Gasteiger partial charge in [0.1, 0.15) is 0 Å². The van der Waals surface area contributed by atoms with E-state index < -0.39 is 0 Å². The molecule has 6 heteroatoms. The van der Waals surface area contributed by atoms with E-state index in [1.165, 1.54) is 11.1 Å². The molecule has 2 heterocycles. The van der Waals surface area contributed by atoms with Crippen molar-refractivity contribution in [2.24, 2.45) is 0 Å². The van der Waals surface area contributed by atoms with Crippen LogP contribution in [0.15, 0.2) is 30.3 Å². The van der Waals surface area contributed by atoms with Crippen LogP contribution in [0, 0.1) is 6.92 Å². The lowest BCUT2D eigenvalue weighted by Crippen LogP contribution is -2.39. The molecule has 0 aliphatic carbocycles. The maximum atomic E-state index is 12.5. The fourth-order valence-electron chi connectivity index (χ4n) is 3.04. The van der Waals surface area contributed by atoms with Crippen molar-refractivity contribution in [2.45, 2.75) is 32.7 Å². The van der Waals surface area contributed by atoms with Crippen LogP contribution in [0.1, 0.15) is 45.8 Å². The van der Waals surface area contributed by atoms with Crippen molar-refractivity contribution in [1.82, 2.24) is 20.8 Å². The molecule has 1 aromatic heterocycles. The molecule has 0 saturated carbocycles. The van der Waals surface area contributed by atoms with Gasteiger partial charge in [-0.1, -0.05) is 31.2 Å². The quantitative estimate of drug-likeness (QED) is 0.892. The number of amides is 1. The number of nitrogens with one attached hydrogen (secondary N) is 2. The van der Waals surface area contributed by atoms with Crippen molar-refractivity contribution in [3.8, 4) is 0 Å². The van der Waals surface area contributed by atoms with E-state index in [1.54, 1.807) is 0 Å². The standard InChI is InChI=1S/C18H22N4O.ClH/c1-3-16-15(10-12(2)21-22-16)18(23)20-11-17-14-7-5-4-6-13(14)8-9-19-17;/h4-7,10,17,19H,3,8-9,11H2,1-2H3,(H,20,23);1H. The lowest BCUT2D eigenvalue weighted by molar-refractivity contribution is 0.0947. The molecule has 1 unspecified atom stereocenters. The van der Waals surface area contributed by atoms with Gasteiger partial charge in [0.15, 0.2) is 0 Å². The number of carbonyl (C=O) groups is 1. The number of aromatic nitrogens is 2. The first-order valence-corrected chi connectivity index (χ1v) is 8.11. The van der Waals surface area contributed by atoms with E-state index in [9.17, 15) is 4.79 Å². The van der Waals surface area contributed by atoms with Crippen LogP contribution in [0.25, 0.3) is 0 Å². The number of rotatable bonds is 4. The summed E-state index contributed by atoms with van der Waals surface area (Å²) in [6.07, 6.45) is 1.73. The zero-order valence-corrected chi connectivity index (χ0v) is 14.8. The molecule has 3 rings (SSSR count). The normalized spacial score (nSPS) is 16.0. The summed E-state index contributed by atoms with van der Waals surface area (Å²) >= 11 is 0. The van der Waals surface area contributed by atoms with Crippen LogP contribution < -0.4 is 10.6 Å². The summed E-state index contributed by atoms with van der Waals surface area (Å²) in [7, 11) is 0. The first-order chi connectivity index (χ1) is 11.2. The molecule has 0 bridgehead atoms. The summed E-state index contributed by atoms with van der Waals surface area (Å²) in [5.74, 6) is -0.0790. The Bertz CT molecular complexity index is 720. The van der Waals surface area contributed by atoms with E-state index in [2.05, 4.69) is 39.0 Å². The molecule has 0 saturated heterocycles. The lowest BCUT2D eigenvalue weighted by Gasteiger charge is -2.27. The largest absolute Gasteiger partial charge is 0.350 e. The molecule has 0 fully saturated rings. The Morgan fingerprint density at radius 2 is 2.12 bits per heavy atom. The summed E-state index contributed by atoms with van der Waals surface area (Å²) in [6, 6.07) is 10.4. The van der Waals surface area contributed by atoms with Gasteiger partial charge in [-0.15, -0.1) is 12.4 Å². The van der Waals surface area contributed by atoms with Gasteiger partial charge in [0.25, 0.3) is 5.91 Å². The van der Waals surface area contributed by atoms with Gasteiger partial charge in [-0.25, -0.2) is 0 Å². The third kappa shape index (κ3) is 3.91. The minimum absolute atomic E-state index is 0. The molecule has 1 aromatic carbocycles. The number of hydrogen-bond donors (Lipinski definition) is 2. The van der Waals surface area contributed by atoms with Gasteiger partial charge >= 0.3 is 0 Å². The van der Waals surface area contributed by atoms with Gasteiger partial charge in [-0.2, -0.15) is 10.2 Å². The number of carbonyl (C=O) groups excluding carboxylic acids is 1. The molecule has 2 aromatic rings. The zero-order chi connectivity index (χ0) is 16.2. The van der Waals surface area contributed by atoms with E-state index in [0.717, 1.165) is 24.4 Å². The van der Waals surface area contributed by atoms with Gasteiger partial charge in [-0.05, 0) is 43.5 Å². The number of halogens is 1. The fraction of sp³-hybridized carbons (Fsp3) is 0.389. The van der Waals surface area contributed by atoms with Crippen molar-refractivity contribution < 1.29 is 4.79 Å². The summed E-state index contributed by atoms with van der Waals surface area (Å²) in [5.41, 5.74) is 4.77. The predicted molar refractivity (Wildman–Crippen MR) is 96.6 cm³/mol. The van der Waals surface area contributed by atoms with Crippen LogP contribution in [0.2, 0.25) is 0 Å². The minimum atomic E-state index is -0.0790. The van der Waals surface area contributed by atoms with Crippen LogP contribution in [-0.2, 0) is 12.8 Å². The SMILES string of the molecule is CCc1nnc(C)cc1C(=O)NCC1NCCc2ccccc21.Cl. The molecular weight excluding hydrogens is 324 g/mol. The summed E-state index contributed by atoms with van der Waals surface area (Å²) in [4.78, 5) is 12.5. The Balaban J connectivity index is 0.00000208. The van der Waals surface area contributed by atoms with Crippen molar-refractivity contribution >= 4 is 18.3 Å². The molecule has 1 aliphatic heterocycles. The highest BCUT2D eigenvalue weighted by atomic mass is 35.5. The molecule has 1 aliphatic rings. The molecule has 1 amide bonds. The first kappa shape index (κ1) is 18.4. The molecule has 0 spiro atoms. The van der Waals surface area contributed by atoms with Gasteiger partial charge < -0.3 is 10.6 Å². The monoisotopic (exact) mass is 346 g/mol. The van der Waals surface area contributed by atoms with Crippen molar-refractivity contribution in [2.75, 3.05) is 13.1 Å². The second kappa shape index (κ2) is 8.22. The van der Waals surface area contributed by atoms with Crippen molar-refractivity contribution in [3.63, 3.8) is 0 Å². The lowest BCUT2D eigenvalue weighted by atomic mass is 9.94. The Labute approximate surface area is 148 Å². The topological polar surface area (TPSA) is 66.9 Å². The van der Waals surface area contributed by atoms with Gasteiger partial charge in [-0.3, -0.25) is 4.79 Å². The summed E-state index contributed by atoms with van der Waals surface area (Å²) in [6.45, 7) is 5.34. The first-order valence-electron chi connectivity index (χ1n) is 8.11. The fourth-order valence-corrected chi connectivity index (χ4v) is 3.04. The average molecular weight is 347 g/mol. The maximum Gasteiger partial charge on any atom is 0.253 e. The predicted octanol–water partition coefficient (Wildman–Crippen LogP) is 2.39. The Hall–Kier alpha value is -1.98. The number of aryl methyl sites for hydroxylation is 2. The number of nitrogens with zero attached hydrogens (tertiary/aromatic N) is 2.